The van der Waals surface area contributed by atoms with E-state index in [1.807, 2.05) is 4.90 Å². The minimum atomic E-state index is -0.196. The molecule has 1 unspecified atom stereocenters. The number of carbonyl (C=O) groups is 2. The first-order chi connectivity index (χ1) is 12.1. The third kappa shape index (κ3) is 3.04. The van der Waals surface area contributed by atoms with Gasteiger partial charge >= 0.3 is 0 Å². The predicted octanol–water partition coefficient (Wildman–Crippen LogP) is 0.931. The fourth-order valence-electron chi connectivity index (χ4n) is 3.56. The maximum Gasteiger partial charge on any atom is 0.276 e. The van der Waals surface area contributed by atoms with Gasteiger partial charge in [-0.3, -0.25) is 14.3 Å². The summed E-state index contributed by atoms with van der Waals surface area (Å²) in [5.41, 5.74) is 1.65. The second kappa shape index (κ2) is 6.34. The van der Waals surface area contributed by atoms with Crippen molar-refractivity contribution in [1.29, 1.82) is 0 Å². The van der Waals surface area contributed by atoms with Gasteiger partial charge in [-0.2, -0.15) is 5.10 Å². The van der Waals surface area contributed by atoms with Crippen molar-refractivity contribution in [1.82, 2.24) is 25.2 Å². The zero-order valence-corrected chi connectivity index (χ0v) is 14.2. The van der Waals surface area contributed by atoms with E-state index in [-0.39, 0.29) is 17.9 Å². The Bertz CT molecular complexity index is 803. The maximum absolute atomic E-state index is 12.6. The van der Waals surface area contributed by atoms with E-state index in [1.54, 1.807) is 24.0 Å². The average Bonchev–Trinajstić information content (AvgIpc) is 3.34. The molecule has 3 heterocycles. The summed E-state index contributed by atoms with van der Waals surface area (Å²) in [6.07, 6.45) is 5.80. The van der Waals surface area contributed by atoms with Gasteiger partial charge in [0, 0.05) is 44.4 Å². The van der Waals surface area contributed by atoms with E-state index in [0.29, 0.717) is 24.2 Å². The second-order valence-electron chi connectivity index (χ2n) is 6.72. The van der Waals surface area contributed by atoms with Crippen molar-refractivity contribution < 1.29 is 14.1 Å². The molecule has 0 bridgehead atoms. The first-order valence-corrected chi connectivity index (χ1v) is 8.69. The lowest BCUT2D eigenvalue weighted by Gasteiger charge is -2.22. The van der Waals surface area contributed by atoms with Gasteiger partial charge in [0.25, 0.3) is 11.8 Å². The first kappa shape index (κ1) is 15.9. The molecule has 1 atom stereocenters. The molecule has 2 aromatic rings. The predicted molar refractivity (Wildman–Crippen MR) is 88.1 cm³/mol. The molecule has 0 saturated carbocycles. The Morgan fingerprint density at radius 3 is 2.84 bits per heavy atom. The van der Waals surface area contributed by atoms with Crippen molar-refractivity contribution in [3.05, 3.63) is 35.0 Å². The van der Waals surface area contributed by atoms with Gasteiger partial charge in [-0.1, -0.05) is 5.16 Å². The molecule has 1 N–H and O–H groups in total. The summed E-state index contributed by atoms with van der Waals surface area (Å²) in [5.74, 6) is 0.517. The number of hydrogen-bond acceptors (Lipinski definition) is 5. The molecule has 2 amide bonds. The summed E-state index contributed by atoms with van der Waals surface area (Å²) in [6.45, 7) is 1.56. The van der Waals surface area contributed by atoms with Crippen LogP contribution in [0.5, 0.6) is 0 Å². The Balaban J connectivity index is 1.47. The topological polar surface area (TPSA) is 93.3 Å². The molecule has 1 aliphatic heterocycles. The SMILES string of the molecule is Cn1ccc(C(=O)NC2CCc3onc(C(=O)N4CCCC4)c3C2)n1. The van der Waals surface area contributed by atoms with Crippen molar-refractivity contribution in [3.63, 3.8) is 0 Å². The molecule has 0 radical (unpaired) electrons. The van der Waals surface area contributed by atoms with Gasteiger partial charge in [0.1, 0.15) is 11.5 Å². The molecule has 8 heteroatoms. The summed E-state index contributed by atoms with van der Waals surface area (Å²) in [4.78, 5) is 26.8. The lowest BCUT2D eigenvalue weighted by Crippen LogP contribution is -2.39. The Kier molecular flexibility index (Phi) is 4.03. The van der Waals surface area contributed by atoms with E-state index in [0.717, 1.165) is 43.7 Å². The zero-order chi connectivity index (χ0) is 17.4. The van der Waals surface area contributed by atoms with E-state index in [9.17, 15) is 9.59 Å². The zero-order valence-electron chi connectivity index (χ0n) is 14.2. The highest BCUT2D eigenvalue weighted by Crippen LogP contribution is 2.26. The third-order valence-corrected chi connectivity index (χ3v) is 4.92. The molecule has 0 aromatic carbocycles. The van der Waals surface area contributed by atoms with Crippen molar-refractivity contribution >= 4 is 11.8 Å². The van der Waals surface area contributed by atoms with Crippen LogP contribution in [0.1, 0.15) is 51.6 Å². The smallest absolute Gasteiger partial charge is 0.276 e. The van der Waals surface area contributed by atoms with Crippen molar-refractivity contribution in [2.75, 3.05) is 13.1 Å². The molecule has 1 fully saturated rings. The van der Waals surface area contributed by atoms with Crippen molar-refractivity contribution in [3.8, 4) is 0 Å². The summed E-state index contributed by atoms with van der Waals surface area (Å²) >= 11 is 0. The number of rotatable bonds is 3. The number of carbonyl (C=O) groups excluding carboxylic acids is 2. The van der Waals surface area contributed by atoms with E-state index < -0.39 is 0 Å². The van der Waals surface area contributed by atoms with Gasteiger partial charge < -0.3 is 14.7 Å². The van der Waals surface area contributed by atoms with Crippen LogP contribution in [0.2, 0.25) is 0 Å². The lowest BCUT2D eigenvalue weighted by atomic mass is 9.91. The van der Waals surface area contributed by atoms with Crippen LogP contribution >= 0.6 is 0 Å². The Hall–Kier alpha value is -2.64. The number of hydrogen-bond donors (Lipinski definition) is 1. The van der Waals surface area contributed by atoms with Gasteiger partial charge in [0.05, 0.1) is 0 Å². The monoisotopic (exact) mass is 343 g/mol. The van der Waals surface area contributed by atoms with Crippen LogP contribution in [0.3, 0.4) is 0 Å². The maximum atomic E-state index is 12.6. The molecule has 4 rings (SSSR count). The fraction of sp³-hybridized carbons (Fsp3) is 0.529. The van der Waals surface area contributed by atoms with Gasteiger partial charge in [-0.15, -0.1) is 0 Å². The number of aryl methyl sites for hydroxylation is 2. The molecule has 2 aliphatic rings. The Labute approximate surface area is 145 Å². The van der Waals surface area contributed by atoms with Crippen molar-refractivity contribution in [2.24, 2.45) is 7.05 Å². The van der Waals surface area contributed by atoms with Crippen LogP contribution in [-0.4, -0.2) is 50.8 Å². The van der Waals surface area contributed by atoms with Crippen LogP contribution in [0, 0.1) is 0 Å². The van der Waals surface area contributed by atoms with Crippen LogP contribution in [0.25, 0.3) is 0 Å². The number of amides is 2. The second-order valence-corrected chi connectivity index (χ2v) is 6.72. The van der Waals surface area contributed by atoms with Gasteiger partial charge in [-0.05, 0) is 31.7 Å². The van der Waals surface area contributed by atoms with E-state index in [2.05, 4.69) is 15.6 Å². The van der Waals surface area contributed by atoms with E-state index >= 15 is 0 Å². The van der Waals surface area contributed by atoms with Crippen LogP contribution in [-0.2, 0) is 19.9 Å². The van der Waals surface area contributed by atoms with Gasteiger partial charge in [0.2, 0.25) is 0 Å². The fourth-order valence-corrected chi connectivity index (χ4v) is 3.56. The highest BCUT2D eigenvalue weighted by molar-refractivity contribution is 5.94. The molecular formula is C17H21N5O3. The standard InChI is InChI=1S/C17H21N5O3/c1-21-9-6-13(19-21)16(23)18-11-4-5-14-12(10-11)15(20-25-14)17(24)22-7-2-3-8-22/h6,9,11H,2-5,7-8,10H2,1H3,(H,18,23). The highest BCUT2D eigenvalue weighted by Gasteiger charge is 2.32. The summed E-state index contributed by atoms with van der Waals surface area (Å²) in [7, 11) is 1.77. The molecule has 1 saturated heterocycles. The quantitative estimate of drug-likeness (QED) is 0.895. The molecule has 2 aromatic heterocycles. The Morgan fingerprint density at radius 1 is 1.32 bits per heavy atom. The highest BCUT2D eigenvalue weighted by atomic mass is 16.5. The molecule has 1 aliphatic carbocycles. The van der Waals surface area contributed by atoms with Crippen LogP contribution in [0.15, 0.2) is 16.8 Å². The number of nitrogens with zero attached hydrogens (tertiary/aromatic N) is 4. The van der Waals surface area contributed by atoms with E-state index in [1.165, 1.54) is 0 Å². The van der Waals surface area contributed by atoms with Crippen molar-refractivity contribution in [2.45, 2.75) is 38.1 Å². The largest absolute Gasteiger partial charge is 0.360 e. The normalized spacial score (nSPS) is 19.7. The number of fused-ring (bicyclic) bond motifs is 1. The van der Waals surface area contributed by atoms with Gasteiger partial charge in [0.15, 0.2) is 5.69 Å². The van der Waals surface area contributed by atoms with Crippen LogP contribution in [0.4, 0.5) is 0 Å². The van der Waals surface area contributed by atoms with E-state index in [4.69, 9.17) is 4.52 Å². The lowest BCUT2D eigenvalue weighted by molar-refractivity contribution is 0.0781. The average molecular weight is 343 g/mol. The molecule has 25 heavy (non-hydrogen) atoms. The summed E-state index contributed by atoms with van der Waals surface area (Å²) in [5, 5.41) is 11.2. The molecule has 132 valence electrons. The molecule has 8 nitrogen and oxygen atoms in total. The number of aromatic nitrogens is 3. The summed E-state index contributed by atoms with van der Waals surface area (Å²) < 4.78 is 6.98. The van der Waals surface area contributed by atoms with Crippen LogP contribution < -0.4 is 5.32 Å². The molecular weight excluding hydrogens is 322 g/mol. The number of nitrogens with one attached hydrogen (secondary N) is 1. The Morgan fingerprint density at radius 2 is 2.12 bits per heavy atom. The van der Waals surface area contributed by atoms with Gasteiger partial charge in [-0.25, -0.2) is 0 Å². The number of likely N-dealkylation sites (tertiary alicyclic amines) is 1. The molecule has 0 spiro atoms. The third-order valence-electron chi connectivity index (χ3n) is 4.92. The first-order valence-electron chi connectivity index (χ1n) is 8.69. The minimum absolute atomic E-state index is 0.0495. The summed E-state index contributed by atoms with van der Waals surface area (Å²) in [6, 6.07) is 1.64. The minimum Gasteiger partial charge on any atom is -0.360 e.